The number of carboxylic acids is 1. The first-order chi connectivity index (χ1) is 8.79. The summed E-state index contributed by atoms with van der Waals surface area (Å²) >= 11 is 0. The van der Waals surface area contributed by atoms with E-state index in [0.717, 1.165) is 45.3 Å². The van der Waals surface area contributed by atoms with Gasteiger partial charge in [0.2, 0.25) is 0 Å². The van der Waals surface area contributed by atoms with Gasteiger partial charge in [-0.15, -0.1) is 0 Å². The number of carboxylic acid groups (broad SMARTS) is 1. The summed E-state index contributed by atoms with van der Waals surface area (Å²) < 4.78 is 10.7. The molecule has 0 aromatic rings. The van der Waals surface area contributed by atoms with Crippen molar-refractivity contribution in [1.82, 2.24) is 0 Å². The van der Waals surface area contributed by atoms with Crippen LogP contribution < -0.4 is 0 Å². The average Bonchev–Trinajstić information content (AvgIpc) is 2.84. The van der Waals surface area contributed by atoms with Crippen LogP contribution >= 0.6 is 0 Å². The second kappa shape index (κ2) is 10.1. The Morgan fingerprint density at radius 1 is 1.06 bits per heavy atom. The van der Waals surface area contributed by atoms with E-state index in [1.807, 2.05) is 0 Å². The fourth-order valence-corrected chi connectivity index (χ4v) is 1.93. The van der Waals surface area contributed by atoms with Crippen molar-refractivity contribution in [3.63, 3.8) is 0 Å². The van der Waals surface area contributed by atoms with E-state index in [2.05, 4.69) is 12.2 Å². The van der Waals surface area contributed by atoms with Crippen molar-refractivity contribution >= 4 is 5.97 Å². The number of allylic oxidation sites excluding steroid dienone is 2. The molecule has 0 bridgehead atoms. The van der Waals surface area contributed by atoms with Crippen LogP contribution in [0.2, 0.25) is 0 Å². The SMILES string of the molecule is O=C(O)CCC/C=C\CCCCCC1OCCO1. The highest BCUT2D eigenvalue weighted by Crippen LogP contribution is 2.13. The molecule has 104 valence electrons. The summed E-state index contributed by atoms with van der Waals surface area (Å²) in [6.45, 7) is 1.48. The van der Waals surface area contributed by atoms with Crippen molar-refractivity contribution in [3.8, 4) is 0 Å². The highest BCUT2D eigenvalue weighted by Gasteiger charge is 2.14. The topological polar surface area (TPSA) is 55.8 Å². The van der Waals surface area contributed by atoms with Gasteiger partial charge in [-0.3, -0.25) is 4.79 Å². The molecule has 0 aromatic heterocycles. The molecule has 0 atom stereocenters. The van der Waals surface area contributed by atoms with E-state index in [4.69, 9.17) is 14.6 Å². The lowest BCUT2D eigenvalue weighted by Crippen LogP contribution is -2.06. The van der Waals surface area contributed by atoms with Crippen molar-refractivity contribution in [2.75, 3.05) is 13.2 Å². The summed E-state index contributed by atoms with van der Waals surface area (Å²) in [6, 6.07) is 0. The van der Waals surface area contributed by atoms with Gasteiger partial charge in [0.05, 0.1) is 13.2 Å². The van der Waals surface area contributed by atoms with E-state index >= 15 is 0 Å². The highest BCUT2D eigenvalue weighted by atomic mass is 16.7. The van der Waals surface area contributed by atoms with E-state index in [9.17, 15) is 4.79 Å². The van der Waals surface area contributed by atoms with Crippen molar-refractivity contribution in [1.29, 1.82) is 0 Å². The molecule has 1 saturated heterocycles. The Bertz CT molecular complexity index is 244. The first-order valence-electron chi connectivity index (χ1n) is 6.89. The van der Waals surface area contributed by atoms with Crippen molar-refractivity contribution in [3.05, 3.63) is 12.2 Å². The number of unbranched alkanes of at least 4 members (excludes halogenated alkanes) is 4. The van der Waals surface area contributed by atoms with Crippen molar-refractivity contribution < 1.29 is 19.4 Å². The number of rotatable bonds is 10. The molecule has 4 heteroatoms. The summed E-state index contributed by atoms with van der Waals surface area (Å²) in [5, 5.41) is 8.46. The highest BCUT2D eigenvalue weighted by molar-refractivity contribution is 5.66. The Morgan fingerprint density at radius 3 is 2.39 bits per heavy atom. The van der Waals surface area contributed by atoms with Crippen molar-refractivity contribution in [2.24, 2.45) is 0 Å². The minimum Gasteiger partial charge on any atom is -0.481 e. The lowest BCUT2D eigenvalue weighted by atomic mass is 10.1. The van der Waals surface area contributed by atoms with E-state index in [-0.39, 0.29) is 12.7 Å². The third-order valence-electron chi connectivity index (χ3n) is 2.93. The van der Waals surface area contributed by atoms with Gasteiger partial charge in [0, 0.05) is 6.42 Å². The van der Waals surface area contributed by atoms with Gasteiger partial charge in [-0.05, 0) is 38.5 Å². The van der Waals surface area contributed by atoms with E-state index in [1.54, 1.807) is 0 Å². The predicted molar refractivity (Wildman–Crippen MR) is 69.4 cm³/mol. The minimum absolute atomic E-state index is 0.0385. The van der Waals surface area contributed by atoms with E-state index in [1.165, 1.54) is 12.8 Å². The molecule has 1 aliphatic rings. The van der Waals surface area contributed by atoms with Gasteiger partial charge in [-0.1, -0.05) is 18.6 Å². The number of hydrogen-bond donors (Lipinski definition) is 1. The zero-order valence-corrected chi connectivity index (χ0v) is 11.0. The molecule has 0 radical (unpaired) electrons. The van der Waals surface area contributed by atoms with Gasteiger partial charge < -0.3 is 14.6 Å². The molecule has 0 amide bonds. The van der Waals surface area contributed by atoms with Crippen LogP contribution in [0.1, 0.15) is 51.4 Å². The smallest absolute Gasteiger partial charge is 0.303 e. The number of ether oxygens (including phenoxy) is 2. The molecule has 4 nitrogen and oxygen atoms in total. The first kappa shape index (κ1) is 15.2. The third kappa shape index (κ3) is 8.25. The molecule has 1 N–H and O–H groups in total. The normalized spacial score (nSPS) is 16.7. The fourth-order valence-electron chi connectivity index (χ4n) is 1.93. The van der Waals surface area contributed by atoms with Gasteiger partial charge in [0.25, 0.3) is 0 Å². The van der Waals surface area contributed by atoms with Crippen LogP contribution in [0.15, 0.2) is 12.2 Å². The fraction of sp³-hybridized carbons (Fsp3) is 0.786. The third-order valence-corrected chi connectivity index (χ3v) is 2.93. The summed E-state index contributed by atoms with van der Waals surface area (Å²) in [6.07, 6.45) is 11.8. The Kier molecular flexibility index (Phi) is 8.51. The molecule has 0 unspecified atom stereocenters. The summed E-state index contributed by atoms with van der Waals surface area (Å²) in [5.74, 6) is -0.709. The van der Waals surface area contributed by atoms with Crippen LogP contribution in [0.3, 0.4) is 0 Å². The van der Waals surface area contributed by atoms with Gasteiger partial charge in [0.1, 0.15) is 0 Å². The standard InChI is InChI=1S/C14H24O4/c15-13(16)9-7-5-3-1-2-4-6-8-10-14-17-11-12-18-14/h1,3,14H,2,4-12H2,(H,15,16)/b3-1-. The molecule has 0 aliphatic carbocycles. The van der Waals surface area contributed by atoms with Gasteiger partial charge >= 0.3 is 5.97 Å². The van der Waals surface area contributed by atoms with E-state index in [0.29, 0.717) is 0 Å². The molecule has 0 spiro atoms. The molecule has 18 heavy (non-hydrogen) atoms. The molecular formula is C14H24O4. The lowest BCUT2D eigenvalue weighted by Gasteiger charge is -2.07. The Labute approximate surface area is 109 Å². The van der Waals surface area contributed by atoms with Crippen molar-refractivity contribution in [2.45, 2.75) is 57.7 Å². The minimum atomic E-state index is -0.709. The summed E-state index contributed by atoms with van der Waals surface area (Å²) in [4.78, 5) is 10.3. The maximum Gasteiger partial charge on any atom is 0.303 e. The summed E-state index contributed by atoms with van der Waals surface area (Å²) in [7, 11) is 0. The molecule has 0 saturated carbocycles. The number of carbonyl (C=O) groups is 1. The Balaban J connectivity index is 1.80. The molecular weight excluding hydrogens is 232 g/mol. The first-order valence-corrected chi connectivity index (χ1v) is 6.89. The molecule has 0 aromatic carbocycles. The number of hydrogen-bond acceptors (Lipinski definition) is 3. The number of aliphatic carboxylic acids is 1. The average molecular weight is 256 g/mol. The quantitative estimate of drug-likeness (QED) is 0.482. The zero-order chi connectivity index (χ0) is 13.1. The molecule has 1 heterocycles. The van der Waals surface area contributed by atoms with E-state index < -0.39 is 5.97 Å². The maximum atomic E-state index is 10.3. The van der Waals surface area contributed by atoms with Crippen LogP contribution in [0.4, 0.5) is 0 Å². The van der Waals surface area contributed by atoms with Crippen LogP contribution in [0, 0.1) is 0 Å². The Morgan fingerprint density at radius 2 is 1.72 bits per heavy atom. The Hall–Kier alpha value is -0.870. The predicted octanol–water partition coefficient (Wildman–Crippen LogP) is 3.12. The van der Waals surface area contributed by atoms with Crippen LogP contribution in [-0.4, -0.2) is 30.6 Å². The van der Waals surface area contributed by atoms with Crippen LogP contribution in [-0.2, 0) is 14.3 Å². The van der Waals surface area contributed by atoms with Gasteiger partial charge in [-0.2, -0.15) is 0 Å². The maximum absolute atomic E-state index is 10.3. The molecule has 1 rings (SSSR count). The molecule has 1 fully saturated rings. The molecule has 1 aliphatic heterocycles. The monoisotopic (exact) mass is 256 g/mol. The lowest BCUT2D eigenvalue weighted by molar-refractivity contribution is -0.137. The van der Waals surface area contributed by atoms with Crippen LogP contribution in [0.25, 0.3) is 0 Å². The van der Waals surface area contributed by atoms with Crippen LogP contribution in [0.5, 0.6) is 0 Å². The zero-order valence-electron chi connectivity index (χ0n) is 11.0. The van der Waals surface area contributed by atoms with Gasteiger partial charge in [0.15, 0.2) is 6.29 Å². The second-order valence-electron chi connectivity index (χ2n) is 4.57. The summed E-state index contributed by atoms with van der Waals surface area (Å²) in [5.41, 5.74) is 0. The second-order valence-corrected chi connectivity index (χ2v) is 4.57. The van der Waals surface area contributed by atoms with Gasteiger partial charge in [-0.25, -0.2) is 0 Å². The largest absolute Gasteiger partial charge is 0.481 e.